The van der Waals surface area contributed by atoms with Crippen LogP contribution >= 0.6 is 11.8 Å². The van der Waals surface area contributed by atoms with Crippen molar-refractivity contribution >= 4 is 29.7 Å². The SMILES string of the molecule is COC(=O)[C@H](Cc1ccccc1)NC(=O)NCc1cccc(-c2cccc([C@@H]3O[C@H](CSc4ccc(C(=O)O)cc4)C[C@H](c4ccc(CO)cc4)O3)c2)c1. The Bertz CT molecular complexity index is 2020. The molecule has 1 heterocycles. The van der Waals surface area contributed by atoms with Crippen molar-refractivity contribution in [2.75, 3.05) is 12.9 Å². The molecule has 6 rings (SSSR count). The summed E-state index contributed by atoms with van der Waals surface area (Å²) >= 11 is 1.60. The number of hydrogen-bond acceptors (Lipinski definition) is 8. The smallest absolute Gasteiger partial charge is 0.335 e. The Morgan fingerprint density at radius 3 is 2.20 bits per heavy atom. The quantitative estimate of drug-likeness (QED) is 0.0673. The Morgan fingerprint density at radius 1 is 0.796 bits per heavy atom. The van der Waals surface area contributed by atoms with Crippen LogP contribution in [0.3, 0.4) is 0 Å². The fourth-order valence-corrected chi connectivity index (χ4v) is 7.13. The summed E-state index contributed by atoms with van der Waals surface area (Å²) in [6.07, 6.45) is -0.170. The number of carbonyl (C=O) groups excluding carboxylic acids is 2. The minimum Gasteiger partial charge on any atom is -0.478 e. The fourth-order valence-electron chi connectivity index (χ4n) is 6.21. The maximum atomic E-state index is 12.9. The number of aliphatic hydroxyl groups is 1. The number of ether oxygens (including phenoxy) is 3. The summed E-state index contributed by atoms with van der Waals surface area (Å²) in [5.41, 5.74) is 6.55. The van der Waals surface area contributed by atoms with Crippen LogP contribution in [0.2, 0.25) is 0 Å². The third-order valence-electron chi connectivity index (χ3n) is 9.10. The number of rotatable bonds is 14. The second-order valence-corrected chi connectivity index (χ2v) is 14.0. The average Bonchev–Trinajstić information content (AvgIpc) is 3.22. The van der Waals surface area contributed by atoms with Gasteiger partial charge < -0.3 is 35.1 Å². The van der Waals surface area contributed by atoms with Crippen LogP contribution in [0, 0.1) is 0 Å². The molecule has 0 bridgehead atoms. The molecule has 4 atom stereocenters. The summed E-state index contributed by atoms with van der Waals surface area (Å²) in [7, 11) is 1.30. The molecular formula is C43H42N2O8S. The molecule has 0 spiro atoms. The first-order valence-corrected chi connectivity index (χ1v) is 18.6. The molecule has 0 radical (unpaired) electrons. The highest BCUT2D eigenvalue weighted by atomic mass is 32.2. The molecular weight excluding hydrogens is 705 g/mol. The summed E-state index contributed by atoms with van der Waals surface area (Å²) < 4.78 is 18.1. The summed E-state index contributed by atoms with van der Waals surface area (Å²) in [4.78, 5) is 37.5. The number of methoxy groups -OCH3 is 1. The minimum atomic E-state index is -0.962. The van der Waals surface area contributed by atoms with Gasteiger partial charge in [-0.2, -0.15) is 0 Å². The van der Waals surface area contributed by atoms with Gasteiger partial charge in [-0.15, -0.1) is 11.8 Å². The summed E-state index contributed by atoms with van der Waals surface area (Å²) in [5.74, 6) is -0.854. The zero-order chi connectivity index (χ0) is 37.9. The van der Waals surface area contributed by atoms with E-state index >= 15 is 0 Å². The summed E-state index contributed by atoms with van der Waals surface area (Å²) in [5, 5.41) is 24.4. The second kappa shape index (κ2) is 18.5. The molecule has 4 N–H and O–H groups in total. The van der Waals surface area contributed by atoms with E-state index < -0.39 is 30.3 Å². The molecule has 1 fully saturated rings. The van der Waals surface area contributed by atoms with E-state index in [0.29, 0.717) is 18.6 Å². The normalized spacial score (nSPS) is 17.3. The van der Waals surface area contributed by atoms with Crippen LogP contribution in [0.4, 0.5) is 4.79 Å². The van der Waals surface area contributed by atoms with Gasteiger partial charge in [-0.1, -0.05) is 91.0 Å². The van der Waals surface area contributed by atoms with Gasteiger partial charge in [0.15, 0.2) is 6.29 Å². The van der Waals surface area contributed by atoms with Gasteiger partial charge in [0.2, 0.25) is 0 Å². The van der Waals surface area contributed by atoms with Crippen molar-refractivity contribution in [3.63, 3.8) is 0 Å². The first-order chi connectivity index (χ1) is 26.3. The molecule has 2 amide bonds. The molecule has 1 aliphatic heterocycles. The third-order valence-corrected chi connectivity index (χ3v) is 10.2. The number of carboxylic acids is 1. The topological polar surface area (TPSA) is 143 Å². The zero-order valence-corrected chi connectivity index (χ0v) is 30.5. The fraction of sp³-hybridized carbons (Fsp3) is 0.233. The Labute approximate surface area is 318 Å². The molecule has 0 saturated carbocycles. The predicted molar refractivity (Wildman–Crippen MR) is 206 cm³/mol. The number of carboxylic acid groups (broad SMARTS) is 1. The van der Waals surface area contributed by atoms with Crippen molar-refractivity contribution in [3.05, 3.63) is 161 Å². The lowest BCUT2D eigenvalue weighted by atomic mass is 9.99. The van der Waals surface area contributed by atoms with Crippen molar-refractivity contribution in [2.24, 2.45) is 0 Å². The summed E-state index contributed by atoms with van der Waals surface area (Å²) in [6.45, 7) is 0.196. The molecule has 5 aromatic rings. The molecule has 5 aromatic carbocycles. The number of aromatic carboxylic acids is 1. The van der Waals surface area contributed by atoms with Gasteiger partial charge >= 0.3 is 18.0 Å². The maximum Gasteiger partial charge on any atom is 0.335 e. The first kappa shape index (κ1) is 38.3. The van der Waals surface area contributed by atoms with Gasteiger partial charge in [0.1, 0.15) is 6.04 Å². The number of aliphatic hydroxyl groups excluding tert-OH is 1. The predicted octanol–water partition coefficient (Wildman–Crippen LogP) is 7.47. The van der Waals surface area contributed by atoms with Crippen LogP contribution in [-0.2, 0) is 38.6 Å². The van der Waals surface area contributed by atoms with E-state index in [-0.39, 0.29) is 30.9 Å². The van der Waals surface area contributed by atoms with E-state index in [0.717, 1.165) is 43.8 Å². The lowest BCUT2D eigenvalue weighted by Crippen LogP contribution is -2.47. The lowest BCUT2D eigenvalue weighted by Gasteiger charge is -2.36. The molecule has 1 aliphatic rings. The molecule has 0 unspecified atom stereocenters. The number of hydrogen-bond donors (Lipinski definition) is 4. The standard InChI is InChI=1S/C43H42N2O8S/c1-51-41(49)38(22-28-7-3-2-4-8-28)45-43(50)44-25-30-9-5-10-33(21-30)34-11-6-12-35(23-34)42-52-36(27-54-37-19-17-32(18-20-37)40(47)48)24-39(53-42)31-15-13-29(26-46)14-16-31/h2-21,23,36,38-39,42,46H,22,24-27H2,1H3,(H,47,48)(H2,44,45,50)/t36-,38-,39+,42+/m0/s1. The Balaban J connectivity index is 1.14. The zero-order valence-electron chi connectivity index (χ0n) is 29.7. The third kappa shape index (κ3) is 10.4. The lowest BCUT2D eigenvalue weighted by molar-refractivity contribution is -0.245. The van der Waals surface area contributed by atoms with E-state index in [9.17, 15) is 24.6 Å². The number of nitrogens with one attached hydrogen (secondary N) is 2. The molecule has 278 valence electrons. The van der Waals surface area contributed by atoms with Crippen molar-refractivity contribution in [1.29, 1.82) is 0 Å². The van der Waals surface area contributed by atoms with Crippen LogP contribution in [0.5, 0.6) is 0 Å². The van der Waals surface area contributed by atoms with Crippen LogP contribution in [0.1, 0.15) is 57.0 Å². The second-order valence-electron chi connectivity index (χ2n) is 12.9. The molecule has 1 saturated heterocycles. The number of urea groups is 1. The highest BCUT2D eigenvalue weighted by Crippen LogP contribution is 2.40. The van der Waals surface area contributed by atoms with Crippen LogP contribution in [0.25, 0.3) is 11.1 Å². The monoisotopic (exact) mass is 746 g/mol. The Morgan fingerprint density at radius 2 is 1.50 bits per heavy atom. The Kier molecular flexibility index (Phi) is 13.1. The molecule has 54 heavy (non-hydrogen) atoms. The minimum absolute atomic E-state index is 0.0423. The van der Waals surface area contributed by atoms with Crippen molar-refractivity contribution < 1.29 is 38.8 Å². The average molecular weight is 747 g/mol. The highest BCUT2D eigenvalue weighted by molar-refractivity contribution is 7.99. The highest BCUT2D eigenvalue weighted by Gasteiger charge is 2.32. The van der Waals surface area contributed by atoms with Gasteiger partial charge in [-0.05, 0) is 69.8 Å². The summed E-state index contributed by atoms with van der Waals surface area (Å²) in [6, 6.07) is 38.5. The van der Waals surface area contributed by atoms with Crippen LogP contribution in [-0.4, -0.2) is 53.2 Å². The number of benzene rings is 5. The van der Waals surface area contributed by atoms with Gasteiger partial charge in [0, 0.05) is 35.6 Å². The van der Waals surface area contributed by atoms with E-state index in [1.165, 1.54) is 7.11 Å². The maximum absolute atomic E-state index is 12.9. The van der Waals surface area contributed by atoms with Gasteiger partial charge in [0.05, 0.1) is 31.5 Å². The van der Waals surface area contributed by atoms with Crippen molar-refractivity contribution in [2.45, 2.75) is 55.4 Å². The molecule has 0 aromatic heterocycles. The first-order valence-electron chi connectivity index (χ1n) is 17.6. The van der Waals surface area contributed by atoms with Gasteiger partial charge in [0.25, 0.3) is 0 Å². The largest absolute Gasteiger partial charge is 0.478 e. The van der Waals surface area contributed by atoms with E-state index in [1.807, 2.05) is 103 Å². The number of thioether (sulfide) groups is 1. The Hall–Kier alpha value is -5.46. The molecule has 11 heteroatoms. The number of amides is 2. The van der Waals surface area contributed by atoms with Crippen molar-refractivity contribution in [1.82, 2.24) is 10.6 Å². The molecule has 10 nitrogen and oxygen atoms in total. The van der Waals surface area contributed by atoms with Crippen molar-refractivity contribution in [3.8, 4) is 11.1 Å². The molecule has 0 aliphatic carbocycles. The number of carbonyl (C=O) groups is 3. The van der Waals surface area contributed by atoms with Crippen LogP contribution in [0.15, 0.2) is 132 Å². The van der Waals surface area contributed by atoms with Gasteiger partial charge in [-0.3, -0.25) is 0 Å². The van der Waals surface area contributed by atoms with E-state index in [1.54, 1.807) is 36.0 Å². The number of esters is 1. The van der Waals surface area contributed by atoms with E-state index in [4.69, 9.17) is 14.2 Å². The van der Waals surface area contributed by atoms with Crippen LogP contribution < -0.4 is 10.6 Å². The van der Waals surface area contributed by atoms with Gasteiger partial charge in [-0.25, -0.2) is 14.4 Å². The van der Waals surface area contributed by atoms with E-state index in [2.05, 4.69) is 10.6 Å².